The van der Waals surface area contributed by atoms with E-state index < -0.39 is 24.2 Å². The van der Waals surface area contributed by atoms with E-state index in [1.54, 1.807) is 27.7 Å². The summed E-state index contributed by atoms with van der Waals surface area (Å²) in [5.41, 5.74) is 0. The largest absolute Gasteiger partial charge is 0.481 e. The van der Waals surface area contributed by atoms with Gasteiger partial charge in [0, 0.05) is 33.0 Å². The summed E-state index contributed by atoms with van der Waals surface area (Å²) in [6.45, 7) is 7.58. The van der Waals surface area contributed by atoms with Crippen molar-refractivity contribution in [2.24, 2.45) is 0 Å². The lowest BCUT2D eigenvalue weighted by atomic mass is 10.2. The maximum atomic E-state index is 11.6. The predicted octanol–water partition coefficient (Wildman–Crippen LogP) is 2.28. The Labute approximate surface area is 125 Å². The Balaban J connectivity index is 4.07. The average Bonchev–Trinajstić information content (AvgIpc) is 2.34. The van der Waals surface area contributed by atoms with Crippen molar-refractivity contribution in [2.45, 2.75) is 65.6 Å². The molecule has 124 valence electrons. The molecule has 0 rings (SSSR count). The van der Waals surface area contributed by atoms with Gasteiger partial charge in [-0.05, 0) is 33.6 Å². The molecular weight excluding hydrogens is 280 g/mol. The highest BCUT2D eigenvalue weighted by Crippen LogP contribution is 2.18. The van der Waals surface area contributed by atoms with Crippen molar-refractivity contribution in [3.8, 4) is 0 Å². The summed E-state index contributed by atoms with van der Waals surface area (Å²) < 4.78 is 21.2. The molecule has 1 N–H and O–H groups in total. The number of aliphatic carboxylic acids is 1. The molecule has 7 nitrogen and oxygen atoms in total. The molecule has 0 radical (unpaired) electrons. The third kappa shape index (κ3) is 10.2. The van der Waals surface area contributed by atoms with Crippen LogP contribution in [0.1, 0.15) is 53.4 Å². The molecule has 0 aromatic heterocycles. The molecule has 0 aliphatic carbocycles. The highest BCUT2D eigenvalue weighted by atomic mass is 16.9. The molecule has 0 saturated carbocycles. The van der Waals surface area contributed by atoms with Crippen molar-refractivity contribution in [3.05, 3.63) is 0 Å². The van der Waals surface area contributed by atoms with E-state index in [9.17, 15) is 9.59 Å². The molecule has 0 amide bonds. The number of carboxylic acid groups (broad SMARTS) is 1. The van der Waals surface area contributed by atoms with Gasteiger partial charge in [-0.15, -0.1) is 0 Å². The summed E-state index contributed by atoms with van der Waals surface area (Å²) in [6, 6.07) is 0. The van der Waals surface area contributed by atoms with Crippen LogP contribution in [-0.4, -0.2) is 42.5 Å². The summed E-state index contributed by atoms with van der Waals surface area (Å²) in [5, 5.41) is 8.49. The minimum absolute atomic E-state index is 0.0477. The van der Waals surface area contributed by atoms with E-state index in [-0.39, 0.29) is 12.8 Å². The van der Waals surface area contributed by atoms with Crippen LogP contribution < -0.4 is 0 Å². The lowest BCUT2D eigenvalue weighted by Crippen LogP contribution is -2.40. The maximum absolute atomic E-state index is 11.6. The number of rotatable bonds is 12. The van der Waals surface area contributed by atoms with E-state index in [1.807, 2.05) is 0 Å². The molecule has 21 heavy (non-hydrogen) atoms. The summed E-state index contributed by atoms with van der Waals surface area (Å²) in [5.74, 6) is -2.57. The van der Waals surface area contributed by atoms with Gasteiger partial charge in [-0.1, -0.05) is 0 Å². The monoisotopic (exact) mass is 306 g/mol. The summed E-state index contributed by atoms with van der Waals surface area (Å²) in [4.78, 5) is 21.9. The fourth-order valence-electron chi connectivity index (χ4n) is 1.75. The Morgan fingerprint density at radius 2 is 1.62 bits per heavy atom. The Kier molecular flexibility index (Phi) is 9.94. The molecule has 0 aliphatic heterocycles. The average molecular weight is 306 g/mol. The minimum Gasteiger partial charge on any atom is -0.481 e. The van der Waals surface area contributed by atoms with Crippen LogP contribution in [0.2, 0.25) is 0 Å². The second-order valence-corrected chi connectivity index (χ2v) is 4.50. The van der Waals surface area contributed by atoms with Crippen molar-refractivity contribution in [3.63, 3.8) is 0 Å². The second-order valence-electron chi connectivity index (χ2n) is 4.50. The summed E-state index contributed by atoms with van der Waals surface area (Å²) in [6.07, 6.45) is 0.286. The molecule has 0 heterocycles. The number of hydrogen-bond donors (Lipinski definition) is 1. The Bertz CT molecular complexity index is 310. The lowest BCUT2D eigenvalue weighted by molar-refractivity contribution is -0.400. The fourth-order valence-corrected chi connectivity index (χ4v) is 1.75. The Morgan fingerprint density at radius 1 is 1.10 bits per heavy atom. The quantitative estimate of drug-likeness (QED) is 0.336. The molecule has 0 bridgehead atoms. The normalized spacial score (nSPS) is 13.0. The molecule has 0 saturated heterocycles. The van der Waals surface area contributed by atoms with E-state index in [4.69, 9.17) is 24.1 Å². The number of esters is 1. The maximum Gasteiger partial charge on any atom is 0.308 e. The first-order valence-corrected chi connectivity index (χ1v) is 7.20. The third-order valence-corrected chi connectivity index (χ3v) is 2.51. The molecule has 7 heteroatoms. The molecule has 0 aromatic rings. The number of hydrogen-bond acceptors (Lipinski definition) is 6. The van der Waals surface area contributed by atoms with Crippen LogP contribution in [0.3, 0.4) is 0 Å². The molecule has 1 atom stereocenters. The van der Waals surface area contributed by atoms with Gasteiger partial charge < -0.3 is 19.3 Å². The zero-order valence-corrected chi connectivity index (χ0v) is 13.2. The second kappa shape index (κ2) is 10.5. The zero-order valence-electron chi connectivity index (χ0n) is 13.2. The zero-order chi connectivity index (χ0) is 16.3. The van der Waals surface area contributed by atoms with Gasteiger partial charge in [0.25, 0.3) is 5.97 Å². The SMILES string of the molecule is CCOC(C)(OCC)OC(C)OC(=O)CCCCC(=O)O. The van der Waals surface area contributed by atoms with Gasteiger partial charge in [0.1, 0.15) is 0 Å². The number of carbonyl (C=O) groups excluding carboxylic acids is 1. The summed E-state index contributed by atoms with van der Waals surface area (Å²) >= 11 is 0. The van der Waals surface area contributed by atoms with Crippen LogP contribution in [0.25, 0.3) is 0 Å². The van der Waals surface area contributed by atoms with Gasteiger partial charge in [0.15, 0.2) is 0 Å². The molecular formula is C14H26O7. The first-order valence-electron chi connectivity index (χ1n) is 7.20. The van der Waals surface area contributed by atoms with Crippen molar-refractivity contribution >= 4 is 11.9 Å². The van der Waals surface area contributed by atoms with Crippen LogP contribution in [0.15, 0.2) is 0 Å². The number of ether oxygens (including phenoxy) is 4. The number of carboxylic acids is 1. The standard InChI is InChI=1S/C14H26O7/c1-5-18-14(4,19-6-2)21-11(3)20-13(17)10-8-7-9-12(15)16/h11H,5-10H2,1-4H3,(H,15,16). The van der Waals surface area contributed by atoms with Gasteiger partial charge in [-0.25, -0.2) is 0 Å². The highest BCUT2D eigenvalue weighted by Gasteiger charge is 2.30. The molecule has 0 aliphatic rings. The van der Waals surface area contributed by atoms with Gasteiger partial charge in [-0.3, -0.25) is 14.3 Å². The highest BCUT2D eigenvalue weighted by molar-refractivity contribution is 5.69. The van der Waals surface area contributed by atoms with Crippen LogP contribution in [0.5, 0.6) is 0 Å². The Morgan fingerprint density at radius 3 is 2.10 bits per heavy atom. The first kappa shape index (κ1) is 19.8. The minimum atomic E-state index is -1.26. The van der Waals surface area contributed by atoms with Crippen molar-refractivity contribution < 1.29 is 33.6 Å². The van der Waals surface area contributed by atoms with Crippen LogP contribution in [0, 0.1) is 0 Å². The van der Waals surface area contributed by atoms with Crippen molar-refractivity contribution in [1.29, 1.82) is 0 Å². The number of carbonyl (C=O) groups is 2. The van der Waals surface area contributed by atoms with Gasteiger partial charge >= 0.3 is 11.9 Å². The van der Waals surface area contributed by atoms with Crippen LogP contribution >= 0.6 is 0 Å². The van der Waals surface area contributed by atoms with E-state index in [2.05, 4.69) is 0 Å². The van der Waals surface area contributed by atoms with Crippen molar-refractivity contribution in [1.82, 2.24) is 0 Å². The van der Waals surface area contributed by atoms with Gasteiger partial charge in [0.05, 0.1) is 0 Å². The van der Waals surface area contributed by atoms with Crippen molar-refractivity contribution in [2.75, 3.05) is 13.2 Å². The fraction of sp³-hybridized carbons (Fsp3) is 0.857. The third-order valence-electron chi connectivity index (χ3n) is 2.51. The van der Waals surface area contributed by atoms with Gasteiger partial charge in [0.2, 0.25) is 6.29 Å². The van der Waals surface area contributed by atoms with E-state index in [0.29, 0.717) is 26.1 Å². The molecule has 0 aromatic carbocycles. The molecule has 0 fully saturated rings. The predicted molar refractivity (Wildman–Crippen MR) is 74.4 cm³/mol. The first-order chi connectivity index (χ1) is 9.83. The molecule has 0 spiro atoms. The van der Waals surface area contributed by atoms with Crippen LogP contribution in [-0.2, 0) is 28.5 Å². The Hall–Kier alpha value is -1.18. The number of unbranched alkanes of at least 4 members (excludes halogenated alkanes) is 1. The van der Waals surface area contributed by atoms with E-state index >= 15 is 0 Å². The smallest absolute Gasteiger partial charge is 0.308 e. The topological polar surface area (TPSA) is 91.3 Å². The van der Waals surface area contributed by atoms with Crippen LogP contribution in [0.4, 0.5) is 0 Å². The molecule has 1 unspecified atom stereocenters. The van der Waals surface area contributed by atoms with Gasteiger partial charge in [-0.2, -0.15) is 0 Å². The lowest BCUT2D eigenvalue weighted by Gasteiger charge is -2.31. The van der Waals surface area contributed by atoms with E-state index in [0.717, 1.165) is 0 Å². The summed E-state index contributed by atoms with van der Waals surface area (Å²) in [7, 11) is 0. The van der Waals surface area contributed by atoms with E-state index in [1.165, 1.54) is 0 Å².